The molecule has 0 spiro atoms. The number of rotatable bonds is 3. The van der Waals surface area contributed by atoms with E-state index in [1.54, 1.807) is 25.2 Å². The smallest absolute Gasteiger partial charge is 0.270 e. The number of amidine groups is 1. The Morgan fingerprint density at radius 1 is 1.09 bits per heavy atom. The minimum Gasteiger partial charge on any atom is -0.270 e. The van der Waals surface area contributed by atoms with Crippen molar-refractivity contribution in [2.45, 2.75) is 19.5 Å². The van der Waals surface area contributed by atoms with Crippen molar-refractivity contribution in [3.8, 4) is 0 Å². The van der Waals surface area contributed by atoms with Gasteiger partial charge in [-0.25, -0.2) is 14.3 Å². The molecule has 1 fully saturated rings. The fourth-order valence-corrected chi connectivity index (χ4v) is 4.81. The van der Waals surface area contributed by atoms with Gasteiger partial charge < -0.3 is 0 Å². The summed E-state index contributed by atoms with van der Waals surface area (Å²) in [6.45, 7) is 3.74. The van der Waals surface area contributed by atoms with Crippen molar-refractivity contribution in [1.82, 2.24) is 9.80 Å². The van der Waals surface area contributed by atoms with Crippen LogP contribution in [0.3, 0.4) is 0 Å². The summed E-state index contributed by atoms with van der Waals surface area (Å²) < 4.78 is 2.02. The Bertz CT molecular complexity index is 1180. The molecule has 0 radical (unpaired) electrons. The number of fused-ring (bicyclic) bond motifs is 2. The Balaban J connectivity index is 1.52. The van der Waals surface area contributed by atoms with Gasteiger partial charge in [0.2, 0.25) is 11.9 Å². The molecule has 164 valence electrons. The van der Waals surface area contributed by atoms with E-state index in [1.807, 2.05) is 34.9 Å². The van der Waals surface area contributed by atoms with Crippen LogP contribution in [0.5, 0.6) is 0 Å². The number of guanidine groups is 1. The van der Waals surface area contributed by atoms with Gasteiger partial charge in [0, 0.05) is 13.0 Å². The Morgan fingerprint density at radius 3 is 2.56 bits per heavy atom. The van der Waals surface area contributed by atoms with Crippen molar-refractivity contribution in [3.63, 3.8) is 0 Å². The molecule has 1 saturated heterocycles. The van der Waals surface area contributed by atoms with Gasteiger partial charge in [-0.15, -0.1) is 0 Å². The average Bonchev–Trinajstić information content (AvgIpc) is 3.17. The quantitative estimate of drug-likeness (QED) is 0.642. The van der Waals surface area contributed by atoms with Crippen LogP contribution in [-0.4, -0.2) is 64.3 Å². The largest absolute Gasteiger partial charge is 0.397 e. The number of anilines is 1. The van der Waals surface area contributed by atoms with Gasteiger partial charge >= 0.3 is 12.0 Å². The lowest BCUT2D eigenvalue weighted by atomic mass is 10.1. The number of amides is 3. The zero-order chi connectivity index (χ0) is 22.6. The number of hydrogen-bond donors (Lipinski definition) is 0. The number of hydrogen-bond acceptors (Lipinski definition) is 4. The average molecular weight is 471 g/mol. The number of urea groups is 1. The zero-order valence-electron chi connectivity index (χ0n) is 17.7. The van der Waals surface area contributed by atoms with Crippen LogP contribution in [0, 0.1) is 5.92 Å². The van der Waals surface area contributed by atoms with Crippen molar-refractivity contribution >= 4 is 52.6 Å². The Labute approximate surface area is 196 Å². The van der Waals surface area contributed by atoms with Gasteiger partial charge in [0.05, 0.1) is 29.7 Å². The van der Waals surface area contributed by atoms with Gasteiger partial charge in [-0.05, 0) is 29.8 Å². The number of likely N-dealkylation sites (N-methyl/N-ethyl adjacent to an activating group) is 1. The number of carbonyl (C=O) groups excluding carboxylic acids is 2. The van der Waals surface area contributed by atoms with Crippen molar-refractivity contribution in [2.24, 2.45) is 10.9 Å². The second-order valence-corrected chi connectivity index (χ2v) is 9.21. The molecule has 3 aliphatic rings. The summed E-state index contributed by atoms with van der Waals surface area (Å²) in [6.07, 6.45) is 0. The molecule has 3 aliphatic heterocycles. The maximum atomic E-state index is 13.6. The number of imide groups is 1. The predicted octanol–water partition coefficient (Wildman–Crippen LogP) is 3.69. The number of nitrogens with zero attached hydrogens (tertiary/aromatic N) is 5. The maximum Gasteiger partial charge on any atom is 0.397 e. The summed E-state index contributed by atoms with van der Waals surface area (Å²) in [5.74, 6) is 1.21. The molecule has 0 bridgehead atoms. The van der Waals surface area contributed by atoms with E-state index < -0.39 is 12.1 Å². The second kappa shape index (κ2) is 7.90. The van der Waals surface area contributed by atoms with Gasteiger partial charge in [-0.2, -0.15) is 0 Å². The van der Waals surface area contributed by atoms with Gasteiger partial charge in [-0.1, -0.05) is 59.4 Å². The fraction of sp³-hybridized carbons (Fsp3) is 0.304. The van der Waals surface area contributed by atoms with Gasteiger partial charge in [0.1, 0.15) is 5.69 Å². The summed E-state index contributed by atoms with van der Waals surface area (Å²) in [5.41, 5.74) is 1.74. The van der Waals surface area contributed by atoms with Crippen LogP contribution in [0.4, 0.5) is 10.5 Å². The minimum atomic E-state index is -0.635. The van der Waals surface area contributed by atoms with Crippen molar-refractivity contribution < 1.29 is 14.2 Å². The number of benzene rings is 2. The molecule has 3 amide bonds. The van der Waals surface area contributed by atoms with Crippen LogP contribution >= 0.6 is 23.2 Å². The molecule has 0 aromatic heterocycles. The standard InChI is InChI=1S/C23H22Cl2N5O2/c1-14-11-28(16-6-4-3-5-7-16)22-26-20-19(29(22)12-14)21(31)30(23(32)27(20)2)13-15-8-9-17(24)18(25)10-15/h3-10,14,19H,11-13H2,1-2H3/q+1. The number of aliphatic imine (C=N–C) groups is 1. The number of para-hydroxylation sites is 1. The third kappa shape index (κ3) is 3.36. The molecular formula is C23H22Cl2N5O2+. The van der Waals surface area contributed by atoms with Crippen LogP contribution in [-0.2, 0) is 11.3 Å². The second-order valence-electron chi connectivity index (χ2n) is 8.39. The molecule has 0 aliphatic carbocycles. The fourth-order valence-electron chi connectivity index (χ4n) is 4.49. The van der Waals surface area contributed by atoms with Crippen LogP contribution < -0.4 is 4.90 Å². The van der Waals surface area contributed by atoms with Gasteiger partial charge in [0.15, 0.2) is 0 Å². The summed E-state index contributed by atoms with van der Waals surface area (Å²) in [7, 11) is 1.66. The first kappa shape index (κ1) is 21.0. The monoisotopic (exact) mass is 470 g/mol. The van der Waals surface area contributed by atoms with Gasteiger partial charge in [-0.3, -0.25) is 14.6 Å². The highest BCUT2D eigenvalue weighted by Crippen LogP contribution is 2.29. The van der Waals surface area contributed by atoms with E-state index in [9.17, 15) is 9.59 Å². The van der Waals surface area contributed by atoms with E-state index in [2.05, 4.69) is 11.8 Å². The normalized spacial score (nSPS) is 22.9. The highest BCUT2D eigenvalue weighted by atomic mass is 35.5. The van der Waals surface area contributed by atoms with E-state index in [1.165, 1.54) is 9.80 Å². The van der Waals surface area contributed by atoms with Gasteiger partial charge in [0.25, 0.3) is 5.91 Å². The molecule has 5 rings (SSSR count). The van der Waals surface area contributed by atoms with Crippen molar-refractivity contribution in [2.75, 3.05) is 25.0 Å². The lowest BCUT2D eigenvalue weighted by Gasteiger charge is -2.35. The Kier molecular flexibility index (Phi) is 5.18. The SMILES string of the molecule is CC1CN(c2ccccc2)C2=[N+](C1)C1C(=O)N(Cc3ccc(Cl)c(Cl)c3)C(=O)N(C)C1=N2. The van der Waals surface area contributed by atoms with Crippen LogP contribution in [0.15, 0.2) is 53.5 Å². The zero-order valence-corrected chi connectivity index (χ0v) is 19.2. The highest BCUT2D eigenvalue weighted by Gasteiger charge is 2.55. The van der Waals surface area contributed by atoms with E-state index in [0.29, 0.717) is 34.3 Å². The molecule has 9 heteroatoms. The molecule has 7 nitrogen and oxygen atoms in total. The highest BCUT2D eigenvalue weighted by molar-refractivity contribution is 6.42. The first-order valence-corrected chi connectivity index (χ1v) is 11.2. The Hall–Kier alpha value is -2.90. The van der Waals surface area contributed by atoms with Crippen LogP contribution in [0.25, 0.3) is 0 Å². The van der Waals surface area contributed by atoms with Crippen molar-refractivity contribution in [1.29, 1.82) is 0 Å². The van der Waals surface area contributed by atoms with E-state index in [4.69, 9.17) is 28.2 Å². The van der Waals surface area contributed by atoms with Crippen LogP contribution in [0.1, 0.15) is 12.5 Å². The van der Waals surface area contributed by atoms with E-state index >= 15 is 0 Å². The molecule has 32 heavy (non-hydrogen) atoms. The number of carbonyl (C=O) groups is 2. The number of halogens is 2. The third-order valence-corrected chi connectivity index (χ3v) is 6.76. The third-order valence-electron chi connectivity index (χ3n) is 6.03. The molecule has 2 unspecified atom stereocenters. The lowest BCUT2D eigenvalue weighted by Crippen LogP contribution is -2.63. The first-order chi connectivity index (χ1) is 15.3. The summed E-state index contributed by atoms with van der Waals surface area (Å²) in [5, 5.41) is 0.813. The van der Waals surface area contributed by atoms with Crippen LogP contribution in [0.2, 0.25) is 10.0 Å². The first-order valence-electron chi connectivity index (χ1n) is 10.4. The summed E-state index contributed by atoms with van der Waals surface area (Å²) in [6, 6.07) is 14.1. The molecular weight excluding hydrogens is 449 g/mol. The van der Waals surface area contributed by atoms with Crippen molar-refractivity contribution in [3.05, 3.63) is 64.1 Å². The molecule has 3 heterocycles. The van der Waals surface area contributed by atoms with E-state index in [-0.39, 0.29) is 12.5 Å². The molecule has 0 saturated carbocycles. The molecule has 2 aromatic rings. The van der Waals surface area contributed by atoms with E-state index in [0.717, 1.165) is 17.8 Å². The topological polar surface area (TPSA) is 59.2 Å². The molecule has 2 aromatic carbocycles. The summed E-state index contributed by atoms with van der Waals surface area (Å²) >= 11 is 12.2. The lowest BCUT2D eigenvalue weighted by molar-refractivity contribution is -0.545. The maximum absolute atomic E-state index is 13.6. The molecule has 2 atom stereocenters. The Morgan fingerprint density at radius 2 is 1.84 bits per heavy atom. The molecule has 0 N–H and O–H groups in total. The predicted molar refractivity (Wildman–Crippen MR) is 124 cm³/mol. The minimum absolute atomic E-state index is 0.115. The summed E-state index contributed by atoms with van der Waals surface area (Å²) in [4.78, 5) is 36.3.